The molecule has 3 rings (SSSR count). The van der Waals surface area contributed by atoms with E-state index in [1.807, 2.05) is 18.5 Å². The largest absolute Gasteiger partial charge is 0.300 e. The normalized spacial score (nSPS) is 10.4. The predicted octanol–water partition coefficient (Wildman–Crippen LogP) is 7.97. The van der Waals surface area contributed by atoms with Gasteiger partial charge in [0.05, 0.1) is 0 Å². The molecule has 2 nitrogen and oxygen atoms in total. The second-order valence-electron chi connectivity index (χ2n) is 7.59. The molecule has 0 aliphatic carbocycles. The molecule has 1 heterocycles. The third kappa shape index (κ3) is 7.08. The molecule has 0 saturated carbocycles. The molecule has 3 heteroatoms. The highest BCUT2D eigenvalue weighted by Crippen LogP contribution is 2.35. The maximum Gasteiger partial charge on any atom is 0.144 e. The van der Waals surface area contributed by atoms with Crippen LogP contribution in [0.1, 0.15) is 65.9 Å². The Labute approximate surface area is 183 Å². The Bertz CT molecular complexity index is 804. The zero-order valence-electron chi connectivity index (χ0n) is 19.0. The van der Waals surface area contributed by atoms with Gasteiger partial charge < -0.3 is 0 Å². The van der Waals surface area contributed by atoms with Gasteiger partial charge in [-0.1, -0.05) is 96.3 Å². The van der Waals surface area contributed by atoms with Crippen molar-refractivity contribution < 1.29 is 0 Å². The van der Waals surface area contributed by atoms with Crippen molar-refractivity contribution in [2.24, 2.45) is 0 Å². The van der Waals surface area contributed by atoms with E-state index in [1.165, 1.54) is 30.4 Å². The van der Waals surface area contributed by atoms with E-state index in [0.717, 1.165) is 17.9 Å². The van der Waals surface area contributed by atoms with E-state index in [2.05, 4.69) is 105 Å². The van der Waals surface area contributed by atoms with E-state index >= 15 is 0 Å². The summed E-state index contributed by atoms with van der Waals surface area (Å²) in [5, 5.41) is 0. The first-order valence-electron chi connectivity index (χ1n) is 10.7. The number of rotatable bonds is 6. The van der Waals surface area contributed by atoms with Crippen LogP contribution in [0.15, 0.2) is 67.0 Å². The van der Waals surface area contributed by atoms with E-state index < -0.39 is 0 Å². The topological polar surface area (TPSA) is 17.8 Å². The fourth-order valence-electron chi connectivity index (χ4n) is 3.11. The highest BCUT2D eigenvalue weighted by atomic mass is 32.1. The predicted molar refractivity (Wildman–Crippen MR) is 132 cm³/mol. The molecule has 1 aromatic heterocycles. The van der Waals surface area contributed by atoms with Crippen molar-refractivity contribution in [3.05, 3.63) is 72.6 Å². The van der Waals surface area contributed by atoms with E-state index in [1.54, 1.807) is 6.26 Å². The minimum Gasteiger partial charge on any atom is -0.300 e. The number of para-hydroxylation sites is 1. The van der Waals surface area contributed by atoms with Crippen LogP contribution in [0.5, 0.6) is 0 Å². The van der Waals surface area contributed by atoms with E-state index in [9.17, 15) is 0 Å². The molecule has 0 unspecified atom stereocenters. The smallest absolute Gasteiger partial charge is 0.144 e. The van der Waals surface area contributed by atoms with Crippen molar-refractivity contribution in [1.82, 2.24) is 9.55 Å². The summed E-state index contributed by atoms with van der Waals surface area (Å²) >= 11 is 3.53. The molecule has 0 fully saturated rings. The van der Waals surface area contributed by atoms with Crippen LogP contribution in [0.4, 0.5) is 0 Å². The van der Waals surface area contributed by atoms with Gasteiger partial charge in [0.1, 0.15) is 5.82 Å². The van der Waals surface area contributed by atoms with Crippen molar-refractivity contribution in [1.29, 1.82) is 0 Å². The van der Waals surface area contributed by atoms with Gasteiger partial charge >= 0.3 is 0 Å². The van der Waals surface area contributed by atoms with E-state index in [0.29, 0.717) is 0 Å². The highest BCUT2D eigenvalue weighted by molar-refractivity contribution is 7.79. The summed E-state index contributed by atoms with van der Waals surface area (Å²) in [4.78, 5) is 4.63. The average Bonchev–Trinajstić information content (AvgIpc) is 3.27. The molecule has 0 amide bonds. The maximum absolute atomic E-state index is 4.63. The van der Waals surface area contributed by atoms with Gasteiger partial charge in [-0.15, -0.1) is 0 Å². The number of thiol groups is 1. The summed E-state index contributed by atoms with van der Waals surface area (Å²) in [5.74, 6) is 1.00. The SMILES string of the molecule is CCC(C)(C)c1ccccc1-c1nccn1-c1ccccc1.CCCCC.CS. The van der Waals surface area contributed by atoms with Crippen LogP contribution in [-0.2, 0) is 5.41 Å². The second kappa shape index (κ2) is 13.3. The molecule has 3 aromatic rings. The number of unbranched alkanes of at least 4 members (excludes halogenated alkanes) is 2. The number of aromatic nitrogens is 2. The summed E-state index contributed by atoms with van der Waals surface area (Å²) in [6.07, 6.45) is 10.8. The van der Waals surface area contributed by atoms with Gasteiger partial charge in [-0.05, 0) is 35.8 Å². The maximum atomic E-state index is 4.63. The minimum absolute atomic E-state index is 0.129. The zero-order valence-corrected chi connectivity index (χ0v) is 19.9. The fraction of sp³-hybridized carbons (Fsp3) is 0.423. The van der Waals surface area contributed by atoms with Gasteiger partial charge in [-0.3, -0.25) is 4.57 Å². The lowest BCUT2D eigenvalue weighted by molar-refractivity contribution is 0.507. The van der Waals surface area contributed by atoms with Gasteiger partial charge in [0.2, 0.25) is 0 Å². The highest BCUT2D eigenvalue weighted by Gasteiger charge is 2.23. The van der Waals surface area contributed by atoms with Gasteiger partial charge in [-0.25, -0.2) is 4.98 Å². The van der Waals surface area contributed by atoms with Crippen LogP contribution in [0.2, 0.25) is 0 Å². The molecule has 0 radical (unpaired) electrons. The summed E-state index contributed by atoms with van der Waals surface area (Å²) in [6, 6.07) is 19.0. The summed E-state index contributed by atoms with van der Waals surface area (Å²) in [5.41, 5.74) is 3.83. The van der Waals surface area contributed by atoms with Gasteiger partial charge in [0, 0.05) is 23.6 Å². The number of hydrogen-bond acceptors (Lipinski definition) is 2. The summed E-state index contributed by atoms with van der Waals surface area (Å²) in [7, 11) is 0. The molecule has 0 aliphatic heterocycles. The van der Waals surface area contributed by atoms with Crippen LogP contribution in [0, 0.1) is 0 Å². The van der Waals surface area contributed by atoms with E-state index in [-0.39, 0.29) is 5.41 Å². The summed E-state index contributed by atoms with van der Waals surface area (Å²) in [6.45, 7) is 11.2. The molecule has 2 aromatic carbocycles. The molecule has 0 spiro atoms. The first-order valence-corrected chi connectivity index (χ1v) is 11.6. The van der Waals surface area contributed by atoms with Crippen molar-refractivity contribution in [2.45, 2.75) is 65.7 Å². The van der Waals surface area contributed by atoms with Crippen LogP contribution in [-0.4, -0.2) is 15.8 Å². The number of benzene rings is 2. The molecular formula is C26H38N2S. The number of hydrogen-bond donors (Lipinski definition) is 1. The Kier molecular flexibility index (Phi) is 11.5. The van der Waals surface area contributed by atoms with E-state index in [4.69, 9.17) is 0 Å². The van der Waals surface area contributed by atoms with Crippen LogP contribution in [0.25, 0.3) is 17.1 Å². The first kappa shape index (κ1) is 25.0. The van der Waals surface area contributed by atoms with Crippen molar-refractivity contribution in [3.8, 4) is 17.1 Å². The van der Waals surface area contributed by atoms with Crippen LogP contribution >= 0.6 is 12.6 Å². The second-order valence-corrected chi connectivity index (χ2v) is 7.59. The quantitative estimate of drug-likeness (QED) is 0.408. The third-order valence-electron chi connectivity index (χ3n) is 5.16. The number of nitrogens with zero attached hydrogens (tertiary/aromatic N) is 2. The van der Waals surface area contributed by atoms with Crippen LogP contribution in [0.3, 0.4) is 0 Å². The minimum atomic E-state index is 0.129. The van der Waals surface area contributed by atoms with Crippen LogP contribution < -0.4 is 0 Å². The van der Waals surface area contributed by atoms with Gasteiger partial charge in [-0.2, -0.15) is 12.6 Å². The third-order valence-corrected chi connectivity index (χ3v) is 5.16. The standard InChI is InChI=1S/C20H22N2.C5H12.CH4S/c1-4-20(2,3)18-13-9-8-12-17(18)19-21-14-15-22(19)16-10-6-5-7-11-16;1-3-5-4-2;1-2/h5-15H,4H2,1-3H3;3-5H2,1-2H3;2H,1H3. The van der Waals surface area contributed by atoms with Crippen molar-refractivity contribution >= 4 is 12.6 Å². The molecule has 0 saturated heterocycles. The molecule has 158 valence electrons. The molecule has 0 aliphatic rings. The molecule has 0 N–H and O–H groups in total. The fourth-order valence-corrected chi connectivity index (χ4v) is 3.11. The van der Waals surface area contributed by atoms with Crippen molar-refractivity contribution in [2.75, 3.05) is 6.26 Å². The average molecular weight is 411 g/mol. The molecular weight excluding hydrogens is 372 g/mol. The Morgan fingerprint density at radius 1 is 0.862 bits per heavy atom. The first-order chi connectivity index (χ1) is 14.0. The summed E-state index contributed by atoms with van der Waals surface area (Å²) < 4.78 is 2.16. The zero-order chi connectivity index (χ0) is 21.7. The van der Waals surface area contributed by atoms with Crippen molar-refractivity contribution in [3.63, 3.8) is 0 Å². The Balaban J connectivity index is 0.000000527. The molecule has 29 heavy (non-hydrogen) atoms. The Morgan fingerprint density at radius 2 is 1.45 bits per heavy atom. The lowest BCUT2D eigenvalue weighted by Gasteiger charge is -2.26. The van der Waals surface area contributed by atoms with Gasteiger partial charge in [0.15, 0.2) is 0 Å². The molecule has 0 atom stereocenters. The Hall–Kier alpha value is -2.00. The Morgan fingerprint density at radius 3 is 2.00 bits per heavy atom. The van der Waals surface area contributed by atoms with Gasteiger partial charge in [0.25, 0.3) is 0 Å². The number of imidazole rings is 1. The monoisotopic (exact) mass is 410 g/mol. The lowest BCUT2D eigenvalue weighted by atomic mass is 9.79. The lowest BCUT2D eigenvalue weighted by Crippen LogP contribution is -2.17. The molecule has 0 bridgehead atoms.